The highest BCUT2D eigenvalue weighted by Gasteiger charge is 2.06. The Bertz CT molecular complexity index is 740. The molecule has 0 fully saturated rings. The van der Waals surface area contributed by atoms with Gasteiger partial charge in [-0.2, -0.15) is 0 Å². The molecule has 1 atom stereocenters. The highest BCUT2D eigenvalue weighted by molar-refractivity contribution is 7.21. The molecule has 1 aromatic heterocycles. The Labute approximate surface area is 130 Å². The van der Waals surface area contributed by atoms with Crippen molar-refractivity contribution in [1.29, 1.82) is 0 Å². The number of hydrogen-bond donors (Lipinski definition) is 2. The van der Waals surface area contributed by atoms with Crippen LogP contribution in [0.4, 0.5) is 5.69 Å². The maximum atomic E-state index is 9.52. The highest BCUT2D eigenvalue weighted by atomic mass is 32.1. The van der Waals surface area contributed by atoms with Crippen LogP contribution in [-0.2, 0) is 0 Å². The summed E-state index contributed by atoms with van der Waals surface area (Å²) in [6, 6.07) is 13.6. The molecule has 21 heavy (non-hydrogen) atoms. The van der Waals surface area contributed by atoms with E-state index in [1.54, 1.807) is 23.5 Å². The average molecular weight is 316 g/mol. The fraction of sp³-hybridized carbons (Fsp3) is 0.188. The molecular weight excluding hydrogens is 299 g/mol. The van der Waals surface area contributed by atoms with Gasteiger partial charge in [-0.25, -0.2) is 4.98 Å². The molecule has 0 spiro atoms. The highest BCUT2D eigenvalue weighted by Crippen LogP contribution is 2.32. The Morgan fingerprint density at radius 2 is 1.95 bits per heavy atom. The van der Waals surface area contributed by atoms with Crippen molar-refractivity contribution in [3.05, 3.63) is 42.5 Å². The maximum absolute atomic E-state index is 9.52. The van der Waals surface area contributed by atoms with Crippen LogP contribution in [0, 0.1) is 0 Å². The van der Waals surface area contributed by atoms with Crippen molar-refractivity contribution in [2.45, 2.75) is 6.42 Å². The Morgan fingerprint density at radius 1 is 1.14 bits per heavy atom. The minimum atomic E-state index is 0.284. The number of phenols is 1. The second-order valence-corrected chi connectivity index (χ2v) is 6.43. The van der Waals surface area contributed by atoms with Gasteiger partial charge < -0.3 is 10.4 Å². The summed E-state index contributed by atoms with van der Waals surface area (Å²) in [5, 5.41) is 13.9. The molecule has 0 amide bonds. The van der Waals surface area contributed by atoms with Crippen LogP contribution in [0.5, 0.6) is 5.75 Å². The van der Waals surface area contributed by atoms with Crippen molar-refractivity contribution < 1.29 is 5.11 Å². The van der Waals surface area contributed by atoms with E-state index >= 15 is 0 Å². The molecule has 0 radical (unpaired) electrons. The molecule has 3 rings (SSSR count). The van der Waals surface area contributed by atoms with Gasteiger partial charge in [0.25, 0.3) is 0 Å². The van der Waals surface area contributed by atoms with Gasteiger partial charge in [-0.1, -0.05) is 0 Å². The van der Waals surface area contributed by atoms with Crippen LogP contribution >= 0.6 is 20.6 Å². The summed E-state index contributed by atoms with van der Waals surface area (Å²) in [7, 11) is 2.74. The normalized spacial score (nSPS) is 10.9. The van der Waals surface area contributed by atoms with Crippen LogP contribution in [-0.4, -0.2) is 22.8 Å². The number of aromatic hydroxyl groups is 1. The summed E-state index contributed by atoms with van der Waals surface area (Å²) in [6.45, 7) is 0.989. The maximum Gasteiger partial charge on any atom is 0.124 e. The smallest absolute Gasteiger partial charge is 0.124 e. The molecule has 3 aromatic rings. The van der Waals surface area contributed by atoms with E-state index in [1.807, 2.05) is 6.07 Å². The lowest BCUT2D eigenvalue weighted by atomic mass is 10.2. The first-order valence-electron chi connectivity index (χ1n) is 6.90. The zero-order valence-corrected chi connectivity index (χ0v) is 13.5. The van der Waals surface area contributed by atoms with Crippen molar-refractivity contribution in [3.63, 3.8) is 0 Å². The molecule has 108 valence electrons. The summed E-state index contributed by atoms with van der Waals surface area (Å²) in [5.74, 6) is 0.284. The van der Waals surface area contributed by atoms with E-state index < -0.39 is 0 Å². The molecule has 0 aliphatic carbocycles. The van der Waals surface area contributed by atoms with E-state index in [1.165, 1.54) is 0 Å². The number of fused-ring (bicyclic) bond motifs is 1. The van der Waals surface area contributed by atoms with Gasteiger partial charge >= 0.3 is 0 Å². The number of thiazole rings is 1. The largest absolute Gasteiger partial charge is 0.508 e. The number of nitrogens with one attached hydrogen (secondary N) is 1. The molecule has 0 saturated carbocycles. The fourth-order valence-electron chi connectivity index (χ4n) is 2.10. The molecule has 3 nitrogen and oxygen atoms in total. The van der Waals surface area contributed by atoms with Crippen molar-refractivity contribution in [3.8, 4) is 16.3 Å². The van der Waals surface area contributed by atoms with E-state index in [2.05, 4.69) is 43.8 Å². The van der Waals surface area contributed by atoms with E-state index in [0.29, 0.717) is 0 Å². The number of benzene rings is 2. The molecule has 5 heteroatoms. The number of phenolic OH excluding ortho intramolecular Hbond substituents is 1. The summed E-state index contributed by atoms with van der Waals surface area (Å²) < 4.78 is 1.01. The van der Waals surface area contributed by atoms with E-state index in [0.717, 1.165) is 45.6 Å². The Balaban J connectivity index is 1.81. The van der Waals surface area contributed by atoms with Crippen LogP contribution in [0.1, 0.15) is 6.42 Å². The van der Waals surface area contributed by atoms with Crippen LogP contribution in [0.3, 0.4) is 0 Å². The number of nitrogens with zero attached hydrogens (tertiary/aromatic N) is 1. The molecule has 1 unspecified atom stereocenters. The van der Waals surface area contributed by atoms with Crippen LogP contribution < -0.4 is 5.32 Å². The number of rotatable bonds is 5. The third-order valence-electron chi connectivity index (χ3n) is 3.21. The van der Waals surface area contributed by atoms with Gasteiger partial charge in [-0.05, 0) is 55.0 Å². The number of aromatic nitrogens is 1. The van der Waals surface area contributed by atoms with E-state index in [9.17, 15) is 5.11 Å². The molecule has 0 aliphatic heterocycles. The lowest BCUT2D eigenvalue weighted by Gasteiger charge is -2.05. The Hall–Kier alpha value is -1.64. The minimum Gasteiger partial charge on any atom is -0.508 e. The first-order chi connectivity index (χ1) is 10.3. The van der Waals surface area contributed by atoms with Gasteiger partial charge in [0.2, 0.25) is 0 Å². The standard InChI is InChI=1S/C16H17N2OPS/c19-13-6-7-14-15(10-13)21-16(18-14)11-2-4-12(5-3-11)17-8-1-9-20/h2-7,10,17,19H,1,8-9,20H2. The van der Waals surface area contributed by atoms with Gasteiger partial charge in [0.1, 0.15) is 10.8 Å². The van der Waals surface area contributed by atoms with Crippen LogP contribution in [0.25, 0.3) is 20.8 Å². The lowest BCUT2D eigenvalue weighted by molar-refractivity contribution is 0.476. The molecule has 2 N–H and O–H groups in total. The predicted molar refractivity (Wildman–Crippen MR) is 94.4 cm³/mol. The SMILES string of the molecule is Oc1ccc2nc(-c3ccc(NCCCP)cc3)sc2c1. The average Bonchev–Trinajstić information content (AvgIpc) is 2.91. The fourth-order valence-corrected chi connectivity index (χ4v) is 3.31. The first-order valence-corrected chi connectivity index (χ1v) is 8.53. The van der Waals surface area contributed by atoms with E-state index in [4.69, 9.17) is 0 Å². The zero-order valence-electron chi connectivity index (χ0n) is 11.5. The summed E-state index contributed by atoms with van der Waals surface area (Å²) >= 11 is 1.60. The summed E-state index contributed by atoms with van der Waals surface area (Å²) in [5.41, 5.74) is 3.17. The van der Waals surface area contributed by atoms with Crippen molar-refractivity contribution in [2.24, 2.45) is 0 Å². The Morgan fingerprint density at radius 3 is 2.71 bits per heavy atom. The van der Waals surface area contributed by atoms with Crippen LogP contribution in [0.15, 0.2) is 42.5 Å². The van der Waals surface area contributed by atoms with Gasteiger partial charge in [-0.15, -0.1) is 20.6 Å². The molecular formula is C16H17N2OPS. The van der Waals surface area contributed by atoms with Gasteiger partial charge in [0.05, 0.1) is 10.2 Å². The van der Waals surface area contributed by atoms with Gasteiger partial charge in [0, 0.05) is 17.8 Å². The molecule has 0 aliphatic rings. The van der Waals surface area contributed by atoms with Gasteiger partial charge in [-0.3, -0.25) is 0 Å². The quantitative estimate of drug-likeness (QED) is 0.543. The second-order valence-electron chi connectivity index (χ2n) is 4.82. The third kappa shape index (κ3) is 3.34. The van der Waals surface area contributed by atoms with Crippen LogP contribution in [0.2, 0.25) is 0 Å². The van der Waals surface area contributed by atoms with Crippen molar-refractivity contribution >= 4 is 36.5 Å². The molecule has 2 aromatic carbocycles. The second kappa shape index (κ2) is 6.42. The van der Waals surface area contributed by atoms with Crippen molar-refractivity contribution in [2.75, 3.05) is 18.0 Å². The summed E-state index contributed by atoms with van der Waals surface area (Å²) in [6.07, 6.45) is 2.26. The topological polar surface area (TPSA) is 45.2 Å². The van der Waals surface area contributed by atoms with Crippen molar-refractivity contribution in [1.82, 2.24) is 4.98 Å². The number of hydrogen-bond acceptors (Lipinski definition) is 4. The Kier molecular flexibility index (Phi) is 4.37. The molecule has 1 heterocycles. The molecule has 0 saturated heterocycles. The predicted octanol–water partition coefficient (Wildman–Crippen LogP) is 4.35. The lowest BCUT2D eigenvalue weighted by Crippen LogP contribution is -2.01. The minimum absolute atomic E-state index is 0.284. The zero-order chi connectivity index (χ0) is 14.7. The monoisotopic (exact) mass is 316 g/mol. The molecule has 0 bridgehead atoms. The third-order valence-corrected chi connectivity index (χ3v) is 4.69. The van der Waals surface area contributed by atoms with E-state index in [-0.39, 0.29) is 5.75 Å². The van der Waals surface area contributed by atoms with Gasteiger partial charge in [0.15, 0.2) is 0 Å². The number of anilines is 1. The summed E-state index contributed by atoms with van der Waals surface area (Å²) in [4.78, 5) is 4.61. The first kappa shape index (κ1) is 14.3.